The molecule has 4 aromatic rings. The summed E-state index contributed by atoms with van der Waals surface area (Å²) >= 11 is 0. The van der Waals surface area contributed by atoms with Crippen LogP contribution in [0.15, 0.2) is 57.4 Å². The summed E-state index contributed by atoms with van der Waals surface area (Å²) < 4.78 is 49.6. The summed E-state index contributed by atoms with van der Waals surface area (Å²) in [6.07, 6.45) is -4.03. The van der Waals surface area contributed by atoms with Crippen molar-refractivity contribution in [3.05, 3.63) is 76.9 Å². The molecule has 0 aliphatic heterocycles. The molecule has 0 bridgehead atoms. The standard InChI is InChI=1S/C22H16F3NO3/c1-12(27)15-5-8-20-16(9-15)10-18(29-20)11-19-13(2)28-21(26-19)14-3-6-17(7-4-14)22(23,24)25/h3-10H,11H2,1-2H3. The molecule has 0 aliphatic carbocycles. The van der Waals surface area contributed by atoms with E-state index >= 15 is 0 Å². The zero-order valence-corrected chi connectivity index (χ0v) is 15.6. The van der Waals surface area contributed by atoms with Crippen LogP contribution in [0.4, 0.5) is 13.2 Å². The SMILES string of the molecule is CC(=O)c1ccc2oc(Cc3nc(-c4ccc(C(F)(F)F)cc4)oc3C)cc2c1. The summed E-state index contributed by atoms with van der Waals surface area (Å²) in [6.45, 7) is 3.25. The first-order valence-electron chi connectivity index (χ1n) is 8.88. The van der Waals surface area contributed by atoms with Crippen molar-refractivity contribution in [1.29, 1.82) is 0 Å². The highest BCUT2D eigenvalue weighted by atomic mass is 19.4. The number of Topliss-reactive ketones (excluding diaryl/α,β-unsaturated/α-hetero) is 1. The van der Waals surface area contributed by atoms with Gasteiger partial charge in [0.25, 0.3) is 0 Å². The molecule has 4 nitrogen and oxygen atoms in total. The Bertz CT molecular complexity index is 1200. The lowest BCUT2D eigenvalue weighted by Crippen LogP contribution is -2.03. The van der Waals surface area contributed by atoms with Crippen molar-refractivity contribution in [3.63, 3.8) is 0 Å². The molecule has 0 fully saturated rings. The lowest BCUT2D eigenvalue weighted by Gasteiger charge is -2.06. The van der Waals surface area contributed by atoms with E-state index in [0.29, 0.717) is 40.3 Å². The minimum atomic E-state index is -4.39. The first-order chi connectivity index (χ1) is 13.7. The molecule has 2 aromatic carbocycles. The zero-order valence-electron chi connectivity index (χ0n) is 15.6. The van der Waals surface area contributed by atoms with E-state index < -0.39 is 11.7 Å². The second-order valence-corrected chi connectivity index (χ2v) is 6.80. The van der Waals surface area contributed by atoms with Gasteiger partial charge >= 0.3 is 6.18 Å². The van der Waals surface area contributed by atoms with Crippen molar-refractivity contribution in [2.75, 3.05) is 0 Å². The van der Waals surface area contributed by atoms with Gasteiger partial charge in [-0.25, -0.2) is 4.98 Å². The number of hydrogen-bond donors (Lipinski definition) is 0. The van der Waals surface area contributed by atoms with Crippen LogP contribution in [-0.4, -0.2) is 10.8 Å². The third-order valence-electron chi connectivity index (χ3n) is 4.67. The molecule has 148 valence electrons. The minimum Gasteiger partial charge on any atom is -0.461 e. The van der Waals surface area contributed by atoms with Gasteiger partial charge in [-0.2, -0.15) is 13.2 Å². The molecule has 0 atom stereocenters. The van der Waals surface area contributed by atoms with Crippen LogP contribution in [0.2, 0.25) is 0 Å². The van der Waals surface area contributed by atoms with Crippen LogP contribution in [-0.2, 0) is 12.6 Å². The molecule has 0 radical (unpaired) electrons. The van der Waals surface area contributed by atoms with E-state index in [1.54, 1.807) is 25.1 Å². The Balaban J connectivity index is 1.60. The number of alkyl halides is 3. The van der Waals surface area contributed by atoms with Crippen LogP contribution in [0.3, 0.4) is 0 Å². The van der Waals surface area contributed by atoms with Gasteiger partial charge in [-0.3, -0.25) is 4.79 Å². The minimum absolute atomic E-state index is 0.0248. The maximum atomic E-state index is 12.7. The Hall–Kier alpha value is -3.35. The fourth-order valence-corrected chi connectivity index (χ4v) is 3.09. The van der Waals surface area contributed by atoms with Crippen LogP contribution < -0.4 is 0 Å². The van der Waals surface area contributed by atoms with E-state index in [4.69, 9.17) is 8.83 Å². The molecule has 0 spiro atoms. The number of aromatic nitrogens is 1. The third-order valence-corrected chi connectivity index (χ3v) is 4.67. The molecule has 0 saturated heterocycles. The van der Waals surface area contributed by atoms with Gasteiger partial charge in [-0.15, -0.1) is 0 Å². The normalized spacial score (nSPS) is 11.9. The number of fused-ring (bicyclic) bond motifs is 1. The van der Waals surface area contributed by atoms with Gasteiger partial charge in [0, 0.05) is 16.5 Å². The molecular weight excluding hydrogens is 383 g/mol. The van der Waals surface area contributed by atoms with Crippen molar-refractivity contribution in [3.8, 4) is 11.5 Å². The van der Waals surface area contributed by atoms with E-state index in [2.05, 4.69) is 4.98 Å². The summed E-state index contributed by atoms with van der Waals surface area (Å²) in [5.74, 6) is 1.44. The zero-order chi connectivity index (χ0) is 20.8. The summed E-state index contributed by atoms with van der Waals surface area (Å²) in [7, 11) is 0. The highest BCUT2D eigenvalue weighted by molar-refractivity contribution is 5.97. The highest BCUT2D eigenvalue weighted by Crippen LogP contribution is 2.31. The van der Waals surface area contributed by atoms with Crippen LogP contribution >= 0.6 is 0 Å². The Morgan fingerprint density at radius 2 is 1.76 bits per heavy atom. The van der Waals surface area contributed by atoms with Crippen LogP contribution in [0.1, 0.15) is 40.1 Å². The monoisotopic (exact) mass is 399 g/mol. The van der Waals surface area contributed by atoms with Gasteiger partial charge in [0.05, 0.1) is 17.7 Å². The molecule has 0 N–H and O–H groups in total. The summed E-state index contributed by atoms with van der Waals surface area (Å²) in [6, 6.07) is 11.7. The first kappa shape index (κ1) is 19.0. The summed E-state index contributed by atoms with van der Waals surface area (Å²) in [5, 5.41) is 0.816. The number of oxazole rings is 1. The molecule has 0 aliphatic rings. The number of carbonyl (C=O) groups is 1. The van der Waals surface area contributed by atoms with Gasteiger partial charge in [0.1, 0.15) is 17.1 Å². The molecule has 0 amide bonds. The first-order valence-corrected chi connectivity index (χ1v) is 8.88. The van der Waals surface area contributed by atoms with Gasteiger partial charge in [-0.1, -0.05) is 0 Å². The van der Waals surface area contributed by atoms with E-state index in [0.717, 1.165) is 17.5 Å². The van der Waals surface area contributed by atoms with Crippen molar-refractivity contribution < 1.29 is 26.8 Å². The summed E-state index contributed by atoms with van der Waals surface area (Å²) in [5.41, 5.74) is 1.63. The number of furan rings is 1. The number of nitrogens with zero attached hydrogens (tertiary/aromatic N) is 1. The molecule has 2 heterocycles. The molecule has 7 heteroatoms. The topological polar surface area (TPSA) is 56.2 Å². The number of halogens is 3. The van der Waals surface area contributed by atoms with E-state index in [-0.39, 0.29) is 11.7 Å². The predicted molar refractivity (Wildman–Crippen MR) is 101 cm³/mol. The number of rotatable bonds is 4. The lowest BCUT2D eigenvalue weighted by atomic mass is 10.1. The second kappa shape index (κ2) is 6.92. The molecular formula is C22H16F3NO3. The van der Waals surface area contributed by atoms with Gasteiger partial charge in [-0.05, 0) is 62.4 Å². The number of aryl methyl sites for hydroxylation is 1. The molecule has 29 heavy (non-hydrogen) atoms. The summed E-state index contributed by atoms with van der Waals surface area (Å²) in [4.78, 5) is 16.0. The maximum absolute atomic E-state index is 12.7. The fraction of sp³-hybridized carbons (Fsp3) is 0.182. The third kappa shape index (κ3) is 3.81. The van der Waals surface area contributed by atoms with Crippen molar-refractivity contribution >= 4 is 16.8 Å². The predicted octanol–water partition coefficient (Wildman–Crippen LogP) is 6.21. The van der Waals surface area contributed by atoms with Gasteiger partial charge in [0.15, 0.2) is 5.78 Å². The average molecular weight is 399 g/mol. The average Bonchev–Trinajstić information content (AvgIpc) is 3.23. The second-order valence-electron chi connectivity index (χ2n) is 6.80. The number of hydrogen-bond acceptors (Lipinski definition) is 4. The van der Waals surface area contributed by atoms with Crippen LogP contribution in [0.25, 0.3) is 22.4 Å². The number of carbonyl (C=O) groups excluding carboxylic acids is 1. The Morgan fingerprint density at radius 1 is 1.03 bits per heavy atom. The number of benzene rings is 2. The molecule has 2 aromatic heterocycles. The molecule has 0 saturated carbocycles. The van der Waals surface area contributed by atoms with E-state index in [1.807, 2.05) is 6.07 Å². The number of ketones is 1. The van der Waals surface area contributed by atoms with Gasteiger partial charge in [0.2, 0.25) is 5.89 Å². The Kier molecular flexibility index (Phi) is 4.53. The smallest absolute Gasteiger partial charge is 0.416 e. The highest BCUT2D eigenvalue weighted by Gasteiger charge is 2.30. The largest absolute Gasteiger partial charge is 0.461 e. The van der Waals surface area contributed by atoms with Crippen molar-refractivity contribution in [2.45, 2.75) is 26.4 Å². The van der Waals surface area contributed by atoms with Crippen molar-refractivity contribution in [1.82, 2.24) is 4.98 Å². The molecule has 0 unspecified atom stereocenters. The Labute approximate surface area is 164 Å². The van der Waals surface area contributed by atoms with Crippen LogP contribution in [0, 0.1) is 6.92 Å². The van der Waals surface area contributed by atoms with Crippen molar-refractivity contribution in [2.24, 2.45) is 0 Å². The van der Waals surface area contributed by atoms with E-state index in [1.165, 1.54) is 19.1 Å². The fourth-order valence-electron chi connectivity index (χ4n) is 3.09. The van der Waals surface area contributed by atoms with Crippen LogP contribution in [0.5, 0.6) is 0 Å². The lowest BCUT2D eigenvalue weighted by molar-refractivity contribution is -0.137. The van der Waals surface area contributed by atoms with E-state index in [9.17, 15) is 18.0 Å². The molecule has 4 rings (SSSR count). The van der Waals surface area contributed by atoms with Gasteiger partial charge < -0.3 is 8.83 Å². The Morgan fingerprint density at radius 3 is 2.41 bits per heavy atom. The quantitative estimate of drug-likeness (QED) is 0.383. The maximum Gasteiger partial charge on any atom is 0.416 e.